The van der Waals surface area contributed by atoms with Crippen LogP contribution < -0.4 is 15.0 Å². The van der Waals surface area contributed by atoms with Crippen LogP contribution in [-0.2, 0) is 4.74 Å². The summed E-state index contributed by atoms with van der Waals surface area (Å²) < 4.78 is 11.4. The number of rotatable bonds is 7. The molecule has 0 saturated heterocycles. The Kier molecular flexibility index (Phi) is 7.63. The number of amides is 1. The van der Waals surface area contributed by atoms with Gasteiger partial charge in [-0.1, -0.05) is 43.0 Å². The second kappa shape index (κ2) is 11.1. The third kappa shape index (κ3) is 6.11. The number of ether oxygens (including phenoxy) is 2. The van der Waals surface area contributed by atoms with E-state index in [4.69, 9.17) is 9.47 Å². The molecule has 0 unspecified atom stereocenters. The van der Waals surface area contributed by atoms with E-state index in [9.17, 15) is 10.1 Å². The van der Waals surface area contributed by atoms with Gasteiger partial charge in [0.05, 0.1) is 31.1 Å². The molecule has 0 spiro atoms. The quantitative estimate of drug-likeness (QED) is 0.262. The van der Waals surface area contributed by atoms with Crippen LogP contribution in [0.4, 0.5) is 21.9 Å². The number of nitriles is 1. The number of methoxy groups -OCH3 is 1. The fraction of sp³-hybridized carbons (Fsp3) is 0.194. The average molecular weight is 507 g/mol. The smallest absolute Gasteiger partial charge is 0.415 e. The summed E-state index contributed by atoms with van der Waals surface area (Å²) in [5.74, 6) is 0.471. The first-order valence-electron chi connectivity index (χ1n) is 12.2. The van der Waals surface area contributed by atoms with Crippen molar-refractivity contribution in [3.63, 3.8) is 0 Å². The predicted octanol–water partition coefficient (Wildman–Crippen LogP) is 7.48. The molecule has 0 fully saturated rings. The zero-order chi connectivity index (χ0) is 27.3. The van der Waals surface area contributed by atoms with Gasteiger partial charge in [0.15, 0.2) is 0 Å². The Labute approximate surface area is 222 Å². The summed E-state index contributed by atoms with van der Waals surface area (Å²) in [6.45, 7) is 9.14. The van der Waals surface area contributed by atoms with Crippen molar-refractivity contribution in [3.8, 4) is 23.1 Å². The minimum atomic E-state index is -0.734. The van der Waals surface area contributed by atoms with Gasteiger partial charge in [0, 0.05) is 34.1 Å². The second-order valence-corrected chi connectivity index (χ2v) is 9.75. The Morgan fingerprint density at radius 3 is 2.47 bits per heavy atom. The molecule has 7 heteroatoms. The number of nitrogens with zero attached hydrogens (tertiary/aromatic N) is 3. The van der Waals surface area contributed by atoms with Gasteiger partial charge in [0.2, 0.25) is 0 Å². The molecular weight excluding hydrogens is 476 g/mol. The number of para-hydroxylation sites is 1. The van der Waals surface area contributed by atoms with Gasteiger partial charge in [-0.05, 0) is 62.6 Å². The molecule has 1 heterocycles. The monoisotopic (exact) mass is 506 g/mol. The fourth-order valence-corrected chi connectivity index (χ4v) is 4.02. The number of anilines is 3. The number of benzene rings is 3. The topological polar surface area (TPSA) is 87.5 Å². The van der Waals surface area contributed by atoms with Crippen LogP contribution >= 0.6 is 0 Å². The fourth-order valence-electron chi connectivity index (χ4n) is 4.02. The highest BCUT2D eigenvalue weighted by molar-refractivity contribution is 6.06. The first-order chi connectivity index (χ1) is 18.2. The molecule has 1 N–H and O–H groups in total. The van der Waals surface area contributed by atoms with Gasteiger partial charge in [-0.2, -0.15) is 5.26 Å². The lowest BCUT2D eigenvalue weighted by atomic mass is 10.0. The molecule has 38 heavy (non-hydrogen) atoms. The van der Waals surface area contributed by atoms with E-state index in [1.807, 2.05) is 72.8 Å². The molecule has 0 aliphatic carbocycles. The summed E-state index contributed by atoms with van der Waals surface area (Å²) in [6, 6.07) is 25.5. The van der Waals surface area contributed by atoms with Crippen LogP contribution in [0.15, 0.2) is 91.1 Å². The maximum atomic E-state index is 13.4. The summed E-state index contributed by atoms with van der Waals surface area (Å²) in [4.78, 5) is 19.4. The van der Waals surface area contributed by atoms with Crippen molar-refractivity contribution in [3.05, 3.63) is 91.1 Å². The number of hydrogen-bond donors (Lipinski definition) is 1. The van der Waals surface area contributed by atoms with Crippen molar-refractivity contribution >= 4 is 33.9 Å². The van der Waals surface area contributed by atoms with Gasteiger partial charge in [0.1, 0.15) is 11.4 Å². The van der Waals surface area contributed by atoms with Gasteiger partial charge < -0.3 is 14.8 Å². The van der Waals surface area contributed by atoms with Crippen molar-refractivity contribution in [2.75, 3.05) is 23.9 Å². The molecule has 4 aromatic rings. The van der Waals surface area contributed by atoms with E-state index < -0.39 is 11.7 Å². The number of nitrogens with one attached hydrogen (secondary N) is 1. The number of aromatic nitrogens is 1. The van der Waals surface area contributed by atoms with Crippen molar-refractivity contribution in [1.82, 2.24) is 4.98 Å². The summed E-state index contributed by atoms with van der Waals surface area (Å²) >= 11 is 0. The molecule has 192 valence electrons. The van der Waals surface area contributed by atoms with E-state index in [1.165, 1.54) is 4.90 Å². The third-order valence-electron chi connectivity index (χ3n) is 5.69. The third-order valence-corrected chi connectivity index (χ3v) is 5.69. The van der Waals surface area contributed by atoms with Crippen LogP contribution in [0.1, 0.15) is 20.8 Å². The molecule has 1 amide bonds. The van der Waals surface area contributed by atoms with E-state index in [-0.39, 0.29) is 12.1 Å². The molecule has 0 saturated carbocycles. The number of hydrogen-bond acceptors (Lipinski definition) is 6. The Bertz CT molecular complexity index is 1520. The molecular formula is C31H30N4O3. The Morgan fingerprint density at radius 1 is 1.05 bits per heavy atom. The van der Waals surface area contributed by atoms with Gasteiger partial charge >= 0.3 is 6.09 Å². The summed E-state index contributed by atoms with van der Waals surface area (Å²) in [6.07, 6.45) is 1.15. The first-order valence-corrected chi connectivity index (χ1v) is 12.2. The van der Waals surface area contributed by atoms with Crippen LogP contribution in [0.3, 0.4) is 0 Å². The number of carbonyl (C=O) groups is 1. The van der Waals surface area contributed by atoms with Crippen LogP contribution in [0, 0.1) is 11.3 Å². The van der Waals surface area contributed by atoms with Gasteiger partial charge in [-0.25, -0.2) is 4.79 Å². The Hall–Kier alpha value is -4.83. The van der Waals surface area contributed by atoms with E-state index in [1.54, 1.807) is 40.1 Å². The number of carbonyl (C=O) groups excluding carboxylic acids is 1. The first kappa shape index (κ1) is 26.2. The molecule has 3 aromatic carbocycles. The maximum Gasteiger partial charge on any atom is 0.415 e. The van der Waals surface area contributed by atoms with Crippen LogP contribution in [-0.4, -0.2) is 30.3 Å². The van der Waals surface area contributed by atoms with Gasteiger partial charge in [-0.3, -0.25) is 9.88 Å². The summed E-state index contributed by atoms with van der Waals surface area (Å²) in [5.41, 5.74) is 3.46. The standard InChI is InChI=1S/C31H30N4O3/c1-21(19-32)20-35(30(36)38-31(2,3)4)29-26-17-23(12-11-22(26)13-14-28(29)37-5)27-18-25(15-16-33-27)34-24-9-7-6-8-10-24/h6-18H,1,20H2,2-5H3,(H,33,34). The molecule has 7 nitrogen and oxygen atoms in total. The van der Waals surface area contributed by atoms with E-state index in [0.717, 1.165) is 33.4 Å². The summed E-state index contributed by atoms with van der Waals surface area (Å²) in [7, 11) is 1.54. The minimum absolute atomic E-state index is 0.0418. The van der Waals surface area contributed by atoms with Crippen molar-refractivity contribution in [2.24, 2.45) is 0 Å². The molecule has 1 aromatic heterocycles. The van der Waals surface area contributed by atoms with Crippen LogP contribution in [0.2, 0.25) is 0 Å². The van der Waals surface area contributed by atoms with E-state index in [0.29, 0.717) is 11.4 Å². The van der Waals surface area contributed by atoms with E-state index >= 15 is 0 Å². The minimum Gasteiger partial charge on any atom is -0.495 e. The normalized spacial score (nSPS) is 10.9. The van der Waals surface area contributed by atoms with Gasteiger partial charge in [0.25, 0.3) is 0 Å². The average Bonchev–Trinajstić information content (AvgIpc) is 2.90. The second-order valence-electron chi connectivity index (χ2n) is 9.75. The lowest BCUT2D eigenvalue weighted by Gasteiger charge is -2.29. The number of pyridine rings is 1. The Balaban J connectivity index is 1.83. The van der Waals surface area contributed by atoms with Gasteiger partial charge in [-0.15, -0.1) is 0 Å². The largest absolute Gasteiger partial charge is 0.495 e. The van der Waals surface area contributed by atoms with Crippen LogP contribution in [0.5, 0.6) is 5.75 Å². The van der Waals surface area contributed by atoms with Crippen molar-refractivity contribution in [2.45, 2.75) is 26.4 Å². The van der Waals surface area contributed by atoms with E-state index in [2.05, 4.69) is 16.9 Å². The maximum absolute atomic E-state index is 13.4. The lowest BCUT2D eigenvalue weighted by molar-refractivity contribution is 0.0583. The zero-order valence-corrected chi connectivity index (χ0v) is 22.0. The molecule has 0 atom stereocenters. The highest BCUT2D eigenvalue weighted by Crippen LogP contribution is 2.39. The molecule has 0 aliphatic heterocycles. The SMILES string of the molecule is C=C(C#N)CN(C(=O)OC(C)(C)C)c1c(OC)ccc2ccc(-c3cc(Nc4ccccc4)ccn3)cc12. The molecule has 4 rings (SSSR count). The summed E-state index contributed by atoms with van der Waals surface area (Å²) in [5, 5.41) is 14.5. The number of fused-ring (bicyclic) bond motifs is 1. The van der Waals surface area contributed by atoms with Crippen LogP contribution in [0.25, 0.3) is 22.0 Å². The van der Waals surface area contributed by atoms with Crippen molar-refractivity contribution < 1.29 is 14.3 Å². The highest BCUT2D eigenvalue weighted by atomic mass is 16.6. The zero-order valence-electron chi connectivity index (χ0n) is 22.0. The lowest BCUT2D eigenvalue weighted by Crippen LogP contribution is -2.38. The Morgan fingerprint density at radius 2 is 1.79 bits per heavy atom. The highest BCUT2D eigenvalue weighted by Gasteiger charge is 2.28. The molecule has 0 aliphatic rings. The molecule has 0 radical (unpaired) electrons. The predicted molar refractivity (Wildman–Crippen MR) is 152 cm³/mol. The van der Waals surface area contributed by atoms with Crippen molar-refractivity contribution in [1.29, 1.82) is 5.26 Å². The molecule has 0 bridgehead atoms.